The molecule has 2 amide bonds. The van der Waals surface area contributed by atoms with Crippen LogP contribution in [0.2, 0.25) is 0 Å². The Bertz CT molecular complexity index is 354. The first-order valence-corrected chi connectivity index (χ1v) is 6.69. The van der Waals surface area contributed by atoms with Gasteiger partial charge in [-0.25, -0.2) is 9.59 Å². The second-order valence-electron chi connectivity index (χ2n) is 6.16. The molecule has 0 aromatic heterocycles. The number of amides is 2. The third-order valence-corrected chi connectivity index (χ3v) is 3.95. The Hall–Kier alpha value is -1.26. The Balaban J connectivity index is 2.04. The molecule has 2 heterocycles. The van der Waals surface area contributed by atoms with E-state index in [1.165, 1.54) is 4.90 Å². The third-order valence-electron chi connectivity index (χ3n) is 3.95. The zero-order valence-corrected chi connectivity index (χ0v) is 11.2. The molecule has 1 N–H and O–H groups in total. The highest BCUT2D eigenvalue weighted by Gasteiger charge is 2.38. The molecule has 2 rings (SSSR count). The summed E-state index contributed by atoms with van der Waals surface area (Å²) in [6, 6.07) is -0.713. The summed E-state index contributed by atoms with van der Waals surface area (Å²) in [7, 11) is 0. The molecule has 0 aromatic rings. The van der Waals surface area contributed by atoms with Crippen molar-refractivity contribution < 1.29 is 14.7 Å². The van der Waals surface area contributed by atoms with Crippen molar-refractivity contribution in [3.63, 3.8) is 0 Å². The van der Waals surface area contributed by atoms with E-state index in [1.807, 2.05) is 4.90 Å². The molecule has 2 aliphatic heterocycles. The maximum atomic E-state index is 12.4. The van der Waals surface area contributed by atoms with Crippen molar-refractivity contribution in [1.29, 1.82) is 0 Å². The van der Waals surface area contributed by atoms with Gasteiger partial charge in [-0.3, -0.25) is 0 Å². The van der Waals surface area contributed by atoms with E-state index >= 15 is 0 Å². The van der Waals surface area contributed by atoms with Crippen LogP contribution in [0.1, 0.15) is 39.5 Å². The summed E-state index contributed by atoms with van der Waals surface area (Å²) in [5.74, 6) is -0.878. The van der Waals surface area contributed by atoms with Crippen molar-refractivity contribution in [1.82, 2.24) is 9.80 Å². The van der Waals surface area contributed by atoms with Crippen molar-refractivity contribution in [3.8, 4) is 0 Å². The number of carboxylic acid groups (broad SMARTS) is 1. The van der Waals surface area contributed by atoms with E-state index in [0.29, 0.717) is 13.0 Å². The largest absolute Gasteiger partial charge is 0.480 e. The van der Waals surface area contributed by atoms with E-state index in [1.54, 1.807) is 0 Å². The standard InChI is InChI=1S/C13H22N2O3/c1-13(2)6-4-7-14(9-13)12(18)15-8-3-5-10(15)11(16)17/h10H,3-9H2,1-2H3,(H,16,17). The van der Waals surface area contributed by atoms with Crippen LogP contribution in [0.5, 0.6) is 0 Å². The average Bonchev–Trinajstić information content (AvgIpc) is 2.75. The van der Waals surface area contributed by atoms with Crippen molar-refractivity contribution >= 4 is 12.0 Å². The fourth-order valence-electron chi connectivity index (χ4n) is 3.02. The normalized spacial score (nSPS) is 27.3. The Morgan fingerprint density at radius 3 is 2.56 bits per heavy atom. The van der Waals surface area contributed by atoms with Gasteiger partial charge in [-0.05, 0) is 31.1 Å². The molecule has 102 valence electrons. The van der Waals surface area contributed by atoms with Gasteiger partial charge in [-0.15, -0.1) is 0 Å². The van der Waals surface area contributed by atoms with Crippen LogP contribution >= 0.6 is 0 Å². The average molecular weight is 254 g/mol. The molecule has 5 nitrogen and oxygen atoms in total. The molecule has 1 atom stereocenters. The highest BCUT2D eigenvalue weighted by atomic mass is 16.4. The number of urea groups is 1. The number of carbonyl (C=O) groups is 2. The second kappa shape index (κ2) is 4.78. The minimum atomic E-state index is -0.878. The predicted molar refractivity (Wildman–Crippen MR) is 67.3 cm³/mol. The zero-order valence-electron chi connectivity index (χ0n) is 11.2. The lowest BCUT2D eigenvalue weighted by Crippen LogP contribution is -2.52. The topological polar surface area (TPSA) is 60.9 Å². The van der Waals surface area contributed by atoms with Gasteiger partial charge in [0.1, 0.15) is 6.04 Å². The minimum Gasteiger partial charge on any atom is -0.480 e. The maximum Gasteiger partial charge on any atom is 0.326 e. The van der Waals surface area contributed by atoms with Gasteiger partial charge in [0.05, 0.1) is 0 Å². The lowest BCUT2D eigenvalue weighted by atomic mass is 9.84. The first-order valence-electron chi connectivity index (χ1n) is 6.69. The van der Waals surface area contributed by atoms with Crippen molar-refractivity contribution in [3.05, 3.63) is 0 Å². The lowest BCUT2D eigenvalue weighted by Gasteiger charge is -2.40. The van der Waals surface area contributed by atoms with Gasteiger partial charge in [0, 0.05) is 19.6 Å². The number of hydrogen-bond acceptors (Lipinski definition) is 2. The molecule has 18 heavy (non-hydrogen) atoms. The highest BCUT2D eigenvalue weighted by molar-refractivity contribution is 5.83. The Morgan fingerprint density at radius 1 is 1.22 bits per heavy atom. The van der Waals surface area contributed by atoms with E-state index in [0.717, 1.165) is 32.4 Å². The van der Waals surface area contributed by atoms with Gasteiger partial charge in [0.25, 0.3) is 0 Å². The zero-order chi connectivity index (χ0) is 13.3. The lowest BCUT2D eigenvalue weighted by molar-refractivity contribution is -0.141. The molecule has 5 heteroatoms. The van der Waals surface area contributed by atoms with Crippen LogP contribution in [-0.2, 0) is 4.79 Å². The second-order valence-corrected chi connectivity index (χ2v) is 6.16. The Kier molecular flexibility index (Phi) is 3.50. The molecule has 2 aliphatic rings. The van der Waals surface area contributed by atoms with Crippen LogP contribution in [0, 0.1) is 5.41 Å². The third kappa shape index (κ3) is 2.60. The monoisotopic (exact) mass is 254 g/mol. The maximum absolute atomic E-state index is 12.4. The van der Waals surface area contributed by atoms with Crippen LogP contribution in [0.4, 0.5) is 4.79 Å². The quantitative estimate of drug-likeness (QED) is 0.776. The number of carboxylic acids is 1. The summed E-state index contributed by atoms with van der Waals surface area (Å²) in [4.78, 5) is 26.9. The fourth-order valence-corrected chi connectivity index (χ4v) is 3.02. The van der Waals surface area contributed by atoms with Crippen LogP contribution in [-0.4, -0.2) is 52.6 Å². The molecule has 0 aliphatic carbocycles. The highest BCUT2D eigenvalue weighted by Crippen LogP contribution is 2.30. The van der Waals surface area contributed by atoms with Gasteiger partial charge in [-0.2, -0.15) is 0 Å². The molecular formula is C13H22N2O3. The first kappa shape index (κ1) is 13.2. The van der Waals surface area contributed by atoms with Crippen LogP contribution in [0.25, 0.3) is 0 Å². The van der Waals surface area contributed by atoms with Crippen LogP contribution < -0.4 is 0 Å². The molecule has 1 unspecified atom stereocenters. The van der Waals surface area contributed by atoms with Gasteiger partial charge < -0.3 is 14.9 Å². The van der Waals surface area contributed by atoms with Gasteiger partial charge >= 0.3 is 12.0 Å². The number of carbonyl (C=O) groups excluding carboxylic acids is 1. The summed E-state index contributed by atoms with van der Waals surface area (Å²) in [5.41, 5.74) is 0.145. The molecule has 0 spiro atoms. The Morgan fingerprint density at radius 2 is 1.94 bits per heavy atom. The van der Waals surface area contributed by atoms with Crippen LogP contribution in [0.3, 0.4) is 0 Å². The molecule has 0 radical (unpaired) electrons. The summed E-state index contributed by atoms with van der Waals surface area (Å²) in [5, 5.41) is 9.12. The predicted octanol–water partition coefficient (Wildman–Crippen LogP) is 1.78. The number of rotatable bonds is 1. The molecule has 0 aromatic carbocycles. The Labute approximate surface area is 108 Å². The van der Waals surface area contributed by atoms with Gasteiger partial charge in [0.2, 0.25) is 0 Å². The molecule has 0 saturated carbocycles. The molecule has 2 saturated heterocycles. The summed E-state index contributed by atoms with van der Waals surface area (Å²) in [6.45, 7) is 6.38. The summed E-state index contributed by atoms with van der Waals surface area (Å²) >= 11 is 0. The number of aliphatic carboxylic acids is 1. The van der Waals surface area contributed by atoms with Crippen molar-refractivity contribution in [2.75, 3.05) is 19.6 Å². The van der Waals surface area contributed by atoms with Crippen molar-refractivity contribution in [2.24, 2.45) is 5.41 Å². The minimum absolute atomic E-state index is 0.0901. The number of piperidine rings is 1. The summed E-state index contributed by atoms with van der Waals surface area (Å²) in [6.07, 6.45) is 3.50. The smallest absolute Gasteiger partial charge is 0.326 e. The first-order chi connectivity index (χ1) is 8.41. The number of likely N-dealkylation sites (tertiary alicyclic amines) is 2. The van der Waals surface area contributed by atoms with Gasteiger partial charge in [0.15, 0.2) is 0 Å². The van der Waals surface area contributed by atoms with E-state index in [9.17, 15) is 9.59 Å². The fraction of sp³-hybridized carbons (Fsp3) is 0.846. The molecular weight excluding hydrogens is 232 g/mol. The van der Waals surface area contributed by atoms with E-state index < -0.39 is 12.0 Å². The van der Waals surface area contributed by atoms with E-state index in [-0.39, 0.29) is 11.4 Å². The number of hydrogen-bond donors (Lipinski definition) is 1. The van der Waals surface area contributed by atoms with E-state index in [4.69, 9.17) is 5.11 Å². The van der Waals surface area contributed by atoms with Gasteiger partial charge in [-0.1, -0.05) is 13.8 Å². The number of nitrogens with zero attached hydrogens (tertiary/aromatic N) is 2. The molecule has 0 bridgehead atoms. The SMILES string of the molecule is CC1(C)CCCN(C(=O)N2CCCC2C(=O)O)C1. The van der Waals surface area contributed by atoms with Crippen molar-refractivity contribution in [2.45, 2.75) is 45.6 Å². The summed E-state index contributed by atoms with van der Waals surface area (Å²) < 4.78 is 0. The van der Waals surface area contributed by atoms with Crippen LogP contribution in [0.15, 0.2) is 0 Å². The van der Waals surface area contributed by atoms with E-state index in [2.05, 4.69) is 13.8 Å². The molecule has 2 fully saturated rings.